The molecule has 2 aromatic carbocycles. The summed E-state index contributed by atoms with van der Waals surface area (Å²) in [6, 6.07) is 11.6. The van der Waals surface area contributed by atoms with E-state index in [1.807, 2.05) is 24.3 Å². The molecule has 1 aliphatic heterocycles. The first-order chi connectivity index (χ1) is 29.5. The molecule has 0 spiro atoms. The van der Waals surface area contributed by atoms with Crippen molar-refractivity contribution in [1.29, 1.82) is 0 Å². The molecule has 0 saturated carbocycles. The van der Waals surface area contributed by atoms with Gasteiger partial charge >= 0.3 is 0 Å². The number of carbonyl (C=O) groups is 3. The molecule has 1 aromatic heterocycles. The van der Waals surface area contributed by atoms with Crippen LogP contribution in [0.4, 0.5) is 10.2 Å². The second kappa shape index (κ2) is 26.5. The monoisotopic (exact) mass is 877 g/mol. The van der Waals surface area contributed by atoms with Gasteiger partial charge in [-0.05, 0) is 54.4 Å². The SMILES string of the molecule is Cc1c(C(=O)N2CCOc3ccc(-c4ccc(N)nc4)cc3C2)ccc(S(=O)(=O)CCNC(=O)CCOCCOCCOCCOCCOCCOCCNC(=O)CO)c1F. The summed E-state index contributed by atoms with van der Waals surface area (Å²) in [5, 5.41) is 13.6. The van der Waals surface area contributed by atoms with E-state index in [9.17, 15) is 22.8 Å². The number of nitrogens with two attached hydrogens (primary N) is 1. The van der Waals surface area contributed by atoms with E-state index in [1.165, 1.54) is 17.9 Å². The van der Waals surface area contributed by atoms with Gasteiger partial charge in [-0.25, -0.2) is 17.8 Å². The summed E-state index contributed by atoms with van der Waals surface area (Å²) in [7, 11) is -4.15. The van der Waals surface area contributed by atoms with Gasteiger partial charge in [0, 0.05) is 48.9 Å². The maximum absolute atomic E-state index is 15.6. The lowest BCUT2D eigenvalue weighted by Crippen LogP contribution is -2.33. The first kappa shape index (κ1) is 48.9. The lowest BCUT2D eigenvalue weighted by atomic mass is 10.0. The molecule has 0 bridgehead atoms. The fourth-order valence-corrected chi connectivity index (χ4v) is 7.13. The minimum absolute atomic E-state index is 0.00875. The number of hydrogen-bond donors (Lipinski definition) is 4. The molecule has 2 heterocycles. The van der Waals surface area contributed by atoms with Gasteiger partial charge in [-0.2, -0.15) is 0 Å². The Labute approximate surface area is 355 Å². The number of nitrogens with one attached hydrogen (secondary N) is 2. The Morgan fingerprint density at radius 3 is 2.00 bits per heavy atom. The van der Waals surface area contributed by atoms with E-state index in [1.54, 1.807) is 12.3 Å². The molecule has 4 rings (SSSR count). The van der Waals surface area contributed by atoms with Crippen LogP contribution in [0.2, 0.25) is 0 Å². The number of hydrogen-bond acceptors (Lipinski definition) is 15. The third kappa shape index (κ3) is 16.9. The Morgan fingerprint density at radius 2 is 1.39 bits per heavy atom. The van der Waals surface area contributed by atoms with Crippen molar-refractivity contribution in [3.63, 3.8) is 0 Å². The van der Waals surface area contributed by atoms with Crippen LogP contribution in [0.3, 0.4) is 0 Å². The molecular formula is C41H56FN5O13S. The standard InChI is InChI=1S/C41H56FN5O13S/c1-30-34(41(51)47-11-14-60-35-5-2-31(26-33(35)28-47)32-3-7-37(43)46-27-32)4-6-36(40(30)42)61(52,53)25-10-45-38(49)8-12-54-15-17-56-19-21-58-23-24-59-22-20-57-18-16-55-13-9-44-39(50)29-48/h2-7,26-27,48H,8-25,28-29H2,1H3,(H2,43,46)(H,44,50)(H,45,49). The van der Waals surface area contributed by atoms with Crippen molar-refractivity contribution >= 4 is 33.4 Å². The van der Waals surface area contributed by atoms with Crippen LogP contribution in [-0.2, 0) is 54.4 Å². The maximum Gasteiger partial charge on any atom is 0.254 e. The molecule has 61 heavy (non-hydrogen) atoms. The van der Waals surface area contributed by atoms with Crippen molar-refractivity contribution in [1.82, 2.24) is 20.5 Å². The lowest BCUT2D eigenvalue weighted by molar-refractivity contribution is -0.124. The number of sulfone groups is 1. The zero-order valence-electron chi connectivity index (χ0n) is 34.4. The third-order valence-electron chi connectivity index (χ3n) is 9.10. The highest BCUT2D eigenvalue weighted by atomic mass is 32.2. The minimum Gasteiger partial charge on any atom is -0.491 e. The van der Waals surface area contributed by atoms with E-state index < -0.39 is 50.6 Å². The molecule has 0 aliphatic carbocycles. The summed E-state index contributed by atoms with van der Waals surface area (Å²) in [5.74, 6) is -1.88. The van der Waals surface area contributed by atoms with Crippen LogP contribution in [0.5, 0.6) is 5.75 Å². The lowest BCUT2D eigenvalue weighted by Gasteiger charge is -2.22. The molecule has 0 radical (unpaired) electrons. The minimum atomic E-state index is -4.15. The number of aromatic nitrogens is 1. The molecule has 20 heteroatoms. The Morgan fingerprint density at radius 1 is 0.803 bits per heavy atom. The van der Waals surface area contributed by atoms with Gasteiger partial charge in [-0.3, -0.25) is 14.4 Å². The highest BCUT2D eigenvalue weighted by Crippen LogP contribution is 2.31. The summed E-state index contributed by atoms with van der Waals surface area (Å²) in [6.45, 7) is 5.58. The fraction of sp³-hybridized carbons (Fsp3) is 0.512. The Bertz CT molecular complexity index is 1960. The molecule has 1 aliphatic rings. The number of benzene rings is 2. The Balaban J connectivity index is 1.04. The van der Waals surface area contributed by atoms with Gasteiger partial charge in [-0.15, -0.1) is 0 Å². The first-order valence-corrected chi connectivity index (χ1v) is 21.5. The van der Waals surface area contributed by atoms with Crippen LogP contribution in [0.25, 0.3) is 11.1 Å². The third-order valence-corrected chi connectivity index (χ3v) is 10.8. The second-order valence-electron chi connectivity index (χ2n) is 13.5. The van der Waals surface area contributed by atoms with E-state index >= 15 is 4.39 Å². The van der Waals surface area contributed by atoms with Crippen LogP contribution in [0.15, 0.2) is 53.6 Å². The molecular weight excluding hydrogens is 822 g/mol. The van der Waals surface area contributed by atoms with Crippen molar-refractivity contribution < 1.29 is 65.5 Å². The van der Waals surface area contributed by atoms with E-state index in [0.717, 1.165) is 22.8 Å². The van der Waals surface area contributed by atoms with Crippen LogP contribution in [0.1, 0.15) is 27.9 Å². The number of carbonyl (C=O) groups excluding carboxylic acids is 3. The Hall–Kier alpha value is -4.80. The summed E-state index contributed by atoms with van der Waals surface area (Å²) < 4.78 is 80.0. The predicted octanol–water partition coefficient (Wildman–Crippen LogP) is 1.30. The molecule has 0 fully saturated rings. The normalized spacial score (nSPS) is 12.7. The van der Waals surface area contributed by atoms with Crippen molar-refractivity contribution in [3.8, 4) is 16.9 Å². The van der Waals surface area contributed by atoms with E-state index in [-0.39, 0.29) is 63.6 Å². The number of fused-ring (bicyclic) bond motifs is 1. The van der Waals surface area contributed by atoms with E-state index in [4.69, 9.17) is 44.0 Å². The van der Waals surface area contributed by atoms with Crippen LogP contribution < -0.4 is 21.1 Å². The average molecular weight is 878 g/mol. The molecule has 336 valence electrons. The van der Waals surface area contributed by atoms with Gasteiger partial charge in [-0.1, -0.05) is 6.07 Å². The molecule has 3 amide bonds. The molecule has 0 unspecified atom stereocenters. The molecule has 0 atom stereocenters. The van der Waals surface area contributed by atoms with Gasteiger partial charge in [0.1, 0.15) is 35.5 Å². The number of nitrogens with zero attached hydrogens (tertiary/aromatic N) is 2. The largest absolute Gasteiger partial charge is 0.491 e. The molecule has 3 aromatic rings. The number of nitrogen functional groups attached to an aromatic ring is 1. The number of pyridine rings is 1. The van der Waals surface area contributed by atoms with E-state index in [2.05, 4.69) is 15.6 Å². The number of halogens is 1. The maximum atomic E-state index is 15.6. The van der Waals surface area contributed by atoms with E-state index in [0.29, 0.717) is 77.6 Å². The highest BCUT2D eigenvalue weighted by molar-refractivity contribution is 7.91. The van der Waals surface area contributed by atoms with Crippen molar-refractivity contribution in [3.05, 3.63) is 71.2 Å². The van der Waals surface area contributed by atoms with Crippen LogP contribution in [-0.4, -0.2) is 159 Å². The Kier molecular flexibility index (Phi) is 21.2. The number of rotatable bonds is 28. The summed E-state index contributed by atoms with van der Waals surface area (Å²) in [4.78, 5) is 41.9. The topological polar surface area (TPSA) is 236 Å². The smallest absolute Gasteiger partial charge is 0.254 e. The van der Waals surface area contributed by atoms with Gasteiger partial charge in [0.05, 0.1) is 91.6 Å². The summed E-state index contributed by atoms with van der Waals surface area (Å²) in [6.07, 6.45) is 1.65. The van der Waals surface area contributed by atoms with Gasteiger partial charge in [0.15, 0.2) is 9.84 Å². The second-order valence-corrected chi connectivity index (χ2v) is 15.6. The number of amides is 3. The van der Waals surface area contributed by atoms with Gasteiger partial charge in [0.2, 0.25) is 11.8 Å². The average Bonchev–Trinajstić information content (AvgIpc) is 3.47. The van der Waals surface area contributed by atoms with Gasteiger partial charge < -0.3 is 59.5 Å². The number of anilines is 1. The van der Waals surface area contributed by atoms with Crippen molar-refractivity contribution in [2.45, 2.75) is 24.8 Å². The van der Waals surface area contributed by atoms with Crippen molar-refractivity contribution in [2.75, 3.05) is 124 Å². The van der Waals surface area contributed by atoms with Crippen LogP contribution in [0, 0.1) is 12.7 Å². The van der Waals surface area contributed by atoms with Crippen molar-refractivity contribution in [2.24, 2.45) is 0 Å². The number of ether oxygens (including phenoxy) is 7. The first-order valence-electron chi connectivity index (χ1n) is 19.9. The fourth-order valence-electron chi connectivity index (χ4n) is 5.83. The highest BCUT2D eigenvalue weighted by Gasteiger charge is 2.27. The molecule has 0 saturated heterocycles. The molecule has 18 nitrogen and oxygen atoms in total. The summed E-state index contributed by atoms with van der Waals surface area (Å²) >= 11 is 0. The number of aliphatic hydroxyl groups excluding tert-OH is 1. The van der Waals surface area contributed by atoms with Gasteiger partial charge in [0.25, 0.3) is 5.91 Å². The predicted molar refractivity (Wildman–Crippen MR) is 220 cm³/mol. The van der Waals surface area contributed by atoms with Crippen LogP contribution >= 0.6 is 0 Å². The molecule has 5 N–H and O–H groups in total. The quantitative estimate of drug-likeness (QED) is 0.0753. The number of aliphatic hydroxyl groups is 1. The summed E-state index contributed by atoms with van der Waals surface area (Å²) in [5.41, 5.74) is 8.10. The zero-order chi connectivity index (χ0) is 43.9. The zero-order valence-corrected chi connectivity index (χ0v) is 35.2.